The average molecular weight is 394 g/mol. The van der Waals surface area contributed by atoms with Gasteiger partial charge in [-0.3, -0.25) is 4.79 Å². The third-order valence-corrected chi connectivity index (χ3v) is 4.60. The molecule has 1 aromatic carbocycles. The molecule has 0 amide bonds. The SMILES string of the molecule is O=C(CCC1CCOC1)c1cc(COCc2ccc(Br)cc2)on1. The number of aromatic nitrogens is 1. The molecule has 1 aliphatic heterocycles. The smallest absolute Gasteiger partial charge is 0.184 e. The van der Waals surface area contributed by atoms with Gasteiger partial charge in [0.2, 0.25) is 0 Å². The lowest BCUT2D eigenvalue weighted by molar-refractivity contribution is 0.0879. The van der Waals surface area contributed by atoms with Crippen molar-refractivity contribution in [2.24, 2.45) is 5.92 Å². The van der Waals surface area contributed by atoms with E-state index in [4.69, 9.17) is 14.0 Å². The fraction of sp³-hybridized carbons (Fsp3) is 0.444. The van der Waals surface area contributed by atoms with Gasteiger partial charge in [-0.15, -0.1) is 0 Å². The van der Waals surface area contributed by atoms with Crippen molar-refractivity contribution < 1.29 is 18.8 Å². The summed E-state index contributed by atoms with van der Waals surface area (Å²) < 4.78 is 17.1. The summed E-state index contributed by atoms with van der Waals surface area (Å²) in [5.41, 5.74) is 1.46. The van der Waals surface area contributed by atoms with E-state index < -0.39 is 0 Å². The number of ether oxygens (including phenoxy) is 2. The molecule has 1 aliphatic rings. The van der Waals surface area contributed by atoms with Crippen LogP contribution in [0.2, 0.25) is 0 Å². The molecule has 0 saturated carbocycles. The maximum absolute atomic E-state index is 12.1. The Morgan fingerprint density at radius 2 is 2.12 bits per heavy atom. The highest BCUT2D eigenvalue weighted by Crippen LogP contribution is 2.19. The highest BCUT2D eigenvalue weighted by Gasteiger charge is 2.19. The molecule has 2 aromatic rings. The molecule has 0 N–H and O–H groups in total. The Labute approximate surface area is 149 Å². The lowest BCUT2D eigenvalue weighted by atomic mass is 10.00. The second kappa shape index (κ2) is 8.55. The number of ketones is 1. The third-order valence-electron chi connectivity index (χ3n) is 4.07. The maximum Gasteiger partial charge on any atom is 0.184 e. The molecule has 1 atom stereocenters. The first-order chi connectivity index (χ1) is 11.7. The zero-order valence-electron chi connectivity index (χ0n) is 13.4. The van der Waals surface area contributed by atoms with E-state index in [9.17, 15) is 4.79 Å². The van der Waals surface area contributed by atoms with Crippen LogP contribution in [-0.2, 0) is 22.7 Å². The predicted molar refractivity (Wildman–Crippen MR) is 91.6 cm³/mol. The minimum Gasteiger partial charge on any atom is -0.381 e. The maximum atomic E-state index is 12.1. The van der Waals surface area contributed by atoms with Crippen molar-refractivity contribution in [3.63, 3.8) is 0 Å². The van der Waals surface area contributed by atoms with Crippen LogP contribution in [0.3, 0.4) is 0 Å². The molecule has 2 heterocycles. The van der Waals surface area contributed by atoms with Crippen LogP contribution < -0.4 is 0 Å². The van der Waals surface area contributed by atoms with Crippen molar-refractivity contribution >= 4 is 21.7 Å². The van der Waals surface area contributed by atoms with Crippen LogP contribution in [0.4, 0.5) is 0 Å². The lowest BCUT2D eigenvalue weighted by Crippen LogP contribution is -2.05. The molecule has 0 spiro atoms. The predicted octanol–water partition coefficient (Wildman–Crippen LogP) is 4.15. The van der Waals surface area contributed by atoms with Gasteiger partial charge in [-0.1, -0.05) is 33.2 Å². The fourth-order valence-electron chi connectivity index (χ4n) is 2.64. The lowest BCUT2D eigenvalue weighted by Gasteiger charge is -2.04. The molecule has 24 heavy (non-hydrogen) atoms. The molecular weight excluding hydrogens is 374 g/mol. The van der Waals surface area contributed by atoms with E-state index >= 15 is 0 Å². The zero-order valence-corrected chi connectivity index (χ0v) is 15.0. The van der Waals surface area contributed by atoms with E-state index in [0.717, 1.165) is 36.1 Å². The minimum absolute atomic E-state index is 0.0183. The summed E-state index contributed by atoms with van der Waals surface area (Å²) >= 11 is 3.40. The standard InChI is InChI=1S/C18H20BrNO4/c19-15-4-1-13(2-5-15)11-23-12-16-9-17(20-24-16)18(21)6-3-14-7-8-22-10-14/h1-2,4-5,9,14H,3,6-8,10-12H2. The summed E-state index contributed by atoms with van der Waals surface area (Å²) in [5.74, 6) is 1.08. The summed E-state index contributed by atoms with van der Waals surface area (Å²) in [6, 6.07) is 9.60. The number of rotatable bonds is 8. The van der Waals surface area contributed by atoms with Crippen LogP contribution in [0, 0.1) is 5.92 Å². The van der Waals surface area contributed by atoms with Gasteiger partial charge in [0.15, 0.2) is 11.5 Å². The van der Waals surface area contributed by atoms with Gasteiger partial charge in [-0.2, -0.15) is 0 Å². The number of carbonyl (C=O) groups is 1. The number of hydrogen-bond donors (Lipinski definition) is 0. The van der Waals surface area contributed by atoms with Crippen LogP contribution in [0.1, 0.15) is 41.1 Å². The van der Waals surface area contributed by atoms with Crippen molar-refractivity contribution in [2.75, 3.05) is 13.2 Å². The normalized spacial score (nSPS) is 17.3. The van der Waals surface area contributed by atoms with Gasteiger partial charge >= 0.3 is 0 Å². The van der Waals surface area contributed by atoms with Gasteiger partial charge in [0, 0.05) is 30.2 Å². The van der Waals surface area contributed by atoms with Crippen LogP contribution in [0.15, 0.2) is 39.3 Å². The van der Waals surface area contributed by atoms with Crippen molar-refractivity contribution in [1.82, 2.24) is 5.16 Å². The Morgan fingerprint density at radius 1 is 1.29 bits per heavy atom. The first kappa shape index (κ1) is 17.3. The second-order valence-electron chi connectivity index (χ2n) is 5.99. The van der Waals surface area contributed by atoms with Crippen molar-refractivity contribution in [3.8, 4) is 0 Å². The van der Waals surface area contributed by atoms with Crippen molar-refractivity contribution in [1.29, 1.82) is 0 Å². The number of nitrogens with zero attached hydrogens (tertiary/aromatic N) is 1. The minimum atomic E-state index is 0.0183. The van der Waals surface area contributed by atoms with E-state index in [2.05, 4.69) is 21.1 Å². The molecule has 1 fully saturated rings. The van der Waals surface area contributed by atoms with Gasteiger partial charge in [-0.05, 0) is 36.5 Å². The molecular formula is C18H20BrNO4. The van der Waals surface area contributed by atoms with E-state index in [-0.39, 0.29) is 5.78 Å². The van der Waals surface area contributed by atoms with Crippen molar-refractivity contribution in [3.05, 3.63) is 51.8 Å². The first-order valence-electron chi connectivity index (χ1n) is 8.09. The summed E-state index contributed by atoms with van der Waals surface area (Å²) in [7, 11) is 0. The Hall–Kier alpha value is -1.50. The van der Waals surface area contributed by atoms with E-state index in [1.807, 2.05) is 24.3 Å². The van der Waals surface area contributed by atoms with Crippen molar-refractivity contribution in [2.45, 2.75) is 32.5 Å². The highest BCUT2D eigenvalue weighted by molar-refractivity contribution is 9.10. The van der Waals surface area contributed by atoms with E-state index in [1.165, 1.54) is 0 Å². The molecule has 6 heteroatoms. The van der Waals surface area contributed by atoms with Crippen LogP contribution in [-0.4, -0.2) is 24.2 Å². The zero-order chi connectivity index (χ0) is 16.8. The quantitative estimate of drug-likeness (QED) is 0.630. The molecule has 1 aromatic heterocycles. The van der Waals surface area contributed by atoms with E-state index in [0.29, 0.717) is 37.0 Å². The summed E-state index contributed by atoms with van der Waals surface area (Å²) in [6.07, 6.45) is 2.38. The Morgan fingerprint density at radius 3 is 2.88 bits per heavy atom. The molecule has 128 valence electrons. The molecule has 1 saturated heterocycles. The number of Topliss-reactive ketones (excluding diaryl/α,β-unsaturated/α-hetero) is 1. The number of halogens is 1. The van der Waals surface area contributed by atoms with Crippen LogP contribution >= 0.6 is 15.9 Å². The molecule has 0 bridgehead atoms. The van der Waals surface area contributed by atoms with E-state index in [1.54, 1.807) is 6.07 Å². The molecule has 3 rings (SSSR count). The van der Waals surface area contributed by atoms with Gasteiger partial charge in [0.1, 0.15) is 12.3 Å². The Bertz CT molecular complexity index is 662. The topological polar surface area (TPSA) is 61.6 Å². The summed E-state index contributed by atoms with van der Waals surface area (Å²) in [6.45, 7) is 2.36. The molecule has 1 unspecified atom stereocenters. The summed E-state index contributed by atoms with van der Waals surface area (Å²) in [4.78, 5) is 12.1. The number of carbonyl (C=O) groups excluding carboxylic acids is 1. The van der Waals surface area contributed by atoms with Crippen LogP contribution in [0.25, 0.3) is 0 Å². The van der Waals surface area contributed by atoms with Gasteiger partial charge < -0.3 is 14.0 Å². The van der Waals surface area contributed by atoms with Gasteiger partial charge in [0.25, 0.3) is 0 Å². The largest absolute Gasteiger partial charge is 0.381 e. The average Bonchev–Trinajstić information content (AvgIpc) is 3.26. The van der Waals surface area contributed by atoms with Gasteiger partial charge in [-0.25, -0.2) is 0 Å². The number of benzene rings is 1. The third kappa shape index (κ3) is 5.00. The fourth-order valence-corrected chi connectivity index (χ4v) is 2.90. The molecule has 0 radical (unpaired) electrons. The molecule has 5 nitrogen and oxygen atoms in total. The highest BCUT2D eigenvalue weighted by atomic mass is 79.9. The Balaban J connectivity index is 1.42. The van der Waals surface area contributed by atoms with Gasteiger partial charge in [0.05, 0.1) is 6.61 Å². The second-order valence-corrected chi connectivity index (χ2v) is 6.90. The summed E-state index contributed by atoms with van der Waals surface area (Å²) in [5, 5.41) is 3.86. The number of hydrogen-bond acceptors (Lipinski definition) is 5. The monoisotopic (exact) mass is 393 g/mol. The van der Waals surface area contributed by atoms with Crippen LogP contribution in [0.5, 0.6) is 0 Å². The molecule has 0 aliphatic carbocycles. The first-order valence-corrected chi connectivity index (χ1v) is 8.89. The Kier molecular flexibility index (Phi) is 6.18.